The number of hydrogen-bond donors (Lipinski definition) is 1. The zero-order valence-corrected chi connectivity index (χ0v) is 17.1. The van der Waals surface area contributed by atoms with E-state index in [1.54, 1.807) is 24.3 Å². The molecule has 0 aromatic heterocycles. The van der Waals surface area contributed by atoms with Crippen LogP contribution in [0.25, 0.3) is 0 Å². The standard InChI is InChI=1S/C24H21NO6/c1-29-23(27)17-12-18(24(28)30-2)14-19(13-17)25-22(26)20-10-6-7-11-21(20)31-15-16-8-4-3-5-9-16/h3-14H,15H2,1-2H3,(H,25,26). The van der Waals surface area contributed by atoms with Crippen LogP contribution in [0.1, 0.15) is 36.6 Å². The van der Waals surface area contributed by atoms with Crippen molar-refractivity contribution in [2.24, 2.45) is 0 Å². The molecule has 0 heterocycles. The van der Waals surface area contributed by atoms with Gasteiger partial charge in [-0.3, -0.25) is 4.79 Å². The van der Waals surface area contributed by atoms with Gasteiger partial charge in [0.2, 0.25) is 0 Å². The number of amides is 1. The minimum Gasteiger partial charge on any atom is -0.488 e. The highest BCUT2D eigenvalue weighted by atomic mass is 16.5. The van der Waals surface area contributed by atoms with Crippen LogP contribution in [0.3, 0.4) is 0 Å². The van der Waals surface area contributed by atoms with Gasteiger partial charge in [0.25, 0.3) is 5.91 Å². The highest BCUT2D eigenvalue weighted by Crippen LogP contribution is 2.23. The molecular formula is C24H21NO6. The summed E-state index contributed by atoms with van der Waals surface area (Å²) in [6.45, 7) is 0.301. The molecule has 3 rings (SSSR count). The molecule has 0 saturated carbocycles. The molecule has 1 N–H and O–H groups in total. The predicted octanol–water partition coefficient (Wildman–Crippen LogP) is 4.09. The normalized spacial score (nSPS) is 10.1. The van der Waals surface area contributed by atoms with Gasteiger partial charge in [-0.2, -0.15) is 0 Å². The van der Waals surface area contributed by atoms with Crippen molar-refractivity contribution in [3.8, 4) is 5.75 Å². The van der Waals surface area contributed by atoms with Gasteiger partial charge in [0.15, 0.2) is 0 Å². The summed E-state index contributed by atoms with van der Waals surface area (Å²) in [4.78, 5) is 36.8. The summed E-state index contributed by atoms with van der Waals surface area (Å²) in [5.74, 6) is -1.34. The summed E-state index contributed by atoms with van der Waals surface area (Å²) in [6.07, 6.45) is 0. The highest BCUT2D eigenvalue weighted by Gasteiger charge is 2.17. The summed E-state index contributed by atoms with van der Waals surface area (Å²) in [5, 5.41) is 2.70. The van der Waals surface area contributed by atoms with E-state index in [0.29, 0.717) is 17.9 Å². The number of esters is 2. The lowest BCUT2D eigenvalue weighted by atomic mass is 10.1. The van der Waals surface area contributed by atoms with Gasteiger partial charge in [0.05, 0.1) is 30.9 Å². The van der Waals surface area contributed by atoms with E-state index in [-0.39, 0.29) is 16.8 Å². The van der Waals surface area contributed by atoms with Crippen molar-refractivity contribution in [1.29, 1.82) is 0 Å². The zero-order valence-electron chi connectivity index (χ0n) is 17.1. The number of carbonyl (C=O) groups excluding carboxylic acids is 3. The van der Waals surface area contributed by atoms with Gasteiger partial charge >= 0.3 is 11.9 Å². The summed E-state index contributed by atoms with van der Waals surface area (Å²) in [6, 6.07) is 20.6. The third-order valence-corrected chi connectivity index (χ3v) is 4.40. The molecule has 0 bridgehead atoms. The maximum atomic E-state index is 12.9. The minimum absolute atomic E-state index is 0.106. The van der Waals surface area contributed by atoms with E-state index >= 15 is 0 Å². The van der Waals surface area contributed by atoms with Crippen LogP contribution >= 0.6 is 0 Å². The van der Waals surface area contributed by atoms with Crippen LogP contribution in [0.4, 0.5) is 5.69 Å². The minimum atomic E-state index is -0.646. The van der Waals surface area contributed by atoms with Gasteiger partial charge in [0.1, 0.15) is 12.4 Å². The number of para-hydroxylation sites is 1. The predicted molar refractivity (Wildman–Crippen MR) is 114 cm³/mol. The Morgan fingerprint density at radius 3 is 1.97 bits per heavy atom. The first-order valence-corrected chi connectivity index (χ1v) is 9.40. The van der Waals surface area contributed by atoms with Crippen LogP contribution in [0, 0.1) is 0 Å². The Bertz CT molecular complexity index is 1060. The van der Waals surface area contributed by atoms with Gasteiger partial charge < -0.3 is 19.5 Å². The second-order valence-electron chi connectivity index (χ2n) is 6.51. The molecule has 0 fully saturated rings. The SMILES string of the molecule is COC(=O)c1cc(NC(=O)c2ccccc2OCc2ccccc2)cc(C(=O)OC)c1. The molecular weight excluding hydrogens is 398 g/mol. The molecule has 0 aliphatic heterocycles. The van der Waals surface area contributed by atoms with E-state index in [1.165, 1.54) is 32.4 Å². The lowest BCUT2D eigenvalue weighted by molar-refractivity contribution is 0.0599. The van der Waals surface area contributed by atoms with E-state index in [4.69, 9.17) is 14.2 Å². The summed E-state index contributed by atoms with van der Waals surface area (Å²) in [5.41, 5.74) is 1.72. The number of rotatable bonds is 7. The van der Waals surface area contributed by atoms with Crippen LogP contribution in [0.15, 0.2) is 72.8 Å². The third kappa shape index (κ3) is 5.48. The molecule has 7 nitrogen and oxygen atoms in total. The fraction of sp³-hybridized carbons (Fsp3) is 0.125. The maximum Gasteiger partial charge on any atom is 0.337 e. The first-order valence-electron chi connectivity index (χ1n) is 9.40. The number of nitrogens with one attached hydrogen (secondary N) is 1. The fourth-order valence-electron chi connectivity index (χ4n) is 2.89. The van der Waals surface area contributed by atoms with Crippen molar-refractivity contribution < 1.29 is 28.6 Å². The summed E-state index contributed by atoms with van der Waals surface area (Å²) < 4.78 is 15.3. The van der Waals surface area contributed by atoms with Crippen molar-refractivity contribution in [3.05, 3.63) is 95.1 Å². The number of methoxy groups -OCH3 is 2. The summed E-state index contributed by atoms with van der Waals surface area (Å²) >= 11 is 0. The molecule has 0 saturated heterocycles. The molecule has 3 aromatic rings. The van der Waals surface area contributed by atoms with Gasteiger partial charge in [0, 0.05) is 5.69 Å². The Hall–Kier alpha value is -4.13. The van der Waals surface area contributed by atoms with Crippen molar-refractivity contribution in [1.82, 2.24) is 0 Å². The Balaban J connectivity index is 1.84. The topological polar surface area (TPSA) is 90.9 Å². The molecule has 31 heavy (non-hydrogen) atoms. The molecule has 0 unspecified atom stereocenters. The number of hydrogen-bond acceptors (Lipinski definition) is 6. The molecule has 7 heteroatoms. The molecule has 0 radical (unpaired) electrons. The molecule has 0 spiro atoms. The van der Waals surface area contributed by atoms with Gasteiger partial charge in [-0.15, -0.1) is 0 Å². The van der Waals surface area contributed by atoms with Crippen LogP contribution in [0.5, 0.6) is 5.75 Å². The Morgan fingerprint density at radius 1 is 0.774 bits per heavy atom. The first kappa shape index (κ1) is 21.6. The van der Waals surface area contributed by atoms with E-state index in [2.05, 4.69) is 5.32 Å². The Labute approximate surface area is 179 Å². The number of ether oxygens (including phenoxy) is 3. The second kappa shape index (κ2) is 10.1. The highest BCUT2D eigenvalue weighted by molar-refractivity contribution is 6.07. The summed E-state index contributed by atoms with van der Waals surface area (Å²) in [7, 11) is 2.46. The molecule has 3 aromatic carbocycles. The quantitative estimate of drug-likeness (QED) is 0.580. The largest absolute Gasteiger partial charge is 0.488 e. The molecule has 0 atom stereocenters. The van der Waals surface area contributed by atoms with Crippen molar-refractivity contribution in [2.45, 2.75) is 6.61 Å². The lowest BCUT2D eigenvalue weighted by Crippen LogP contribution is -2.15. The van der Waals surface area contributed by atoms with Crippen LogP contribution in [-0.2, 0) is 16.1 Å². The van der Waals surface area contributed by atoms with Crippen molar-refractivity contribution >= 4 is 23.5 Å². The van der Waals surface area contributed by atoms with Crippen LogP contribution < -0.4 is 10.1 Å². The second-order valence-corrected chi connectivity index (χ2v) is 6.51. The molecule has 0 aliphatic rings. The monoisotopic (exact) mass is 419 g/mol. The first-order chi connectivity index (χ1) is 15.0. The molecule has 0 aliphatic carbocycles. The smallest absolute Gasteiger partial charge is 0.337 e. The van der Waals surface area contributed by atoms with Crippen molar-refractivity contribution in [3.63, 3.8) is 0 Å². The number of carbonyl (C=O) groups is 3. The van der Waals surface area contributed by atoms with E-state index in [0.717, 1.165) is 5.56 Å². The van der Waals surface area contributed by atoms with Crippen LogP contribution in [-0.4, -0.2) is 32.1 Å². The molecule has 1 amide bonds. The number of anilines is 1. The van der Waals surface area contributed by atoms with E-state index < -0.39 is 17.8 Å². The fourth-order valence-corrected chi connectivity index (χ4v) is 2.89. The Morgan fingerprint density at radius 2 is 1.35 bits per heavy atom. The van der Waals surface area contributed by atoms with E-state index in [9.17, 15) is 14.4 Å². The Kier molecular flexibility index (Phi) is 7.01. The van der Waals surface area contributed by atoms with Gasteiger partial charge in [-0.25, -0.2) is 9.59 Å². The average Bonchev–Trinajstić information content (AvgIpc) is 2.82. The van der Waals surface area contributed by atoms with E-state index in [1.807, 2.05) is 30.3 Å². The molecule has 158 valence electrons. The van der Waals surface area contributed by atoms with Gasteiger partial charge in [-0.1, -0.05) is 42.5 Å². The number of benzene rings is 3. The lowest BCUT2D eigenvalue weighted by Gasteiger charge is -2.13. The average molecular weight is 419 g/mol. The maximum absolute atomic E-state index is 12.9. The van der Waals surface area contributed by atoms with Gasteiger partial charge in [-0.05, 0) is 35.9 Å². The van der Waals surface area contributed by atoms with Crippen LogP contribution in [0.2, 0.25) is 0 Å². The van der Waals surface area contributed by atoms with Crippen molar-refractivity contribution in [2.75, 3.05) is 19.5 Å². The zero-order chi connectivity index (χ0) is 22.2. The third-order valence-electron chi connectivity index (χ3n) is 4.40.